The second kappa shape index (κ2) is 8.06. The zero-order valence-corrected chi connectivity index (χ0v) is 15.9. The van der Waals surface area contributed by atoms with Crippen molar-refractivity contribution in [3.8, 4) is 5.75 Å². The molecule has 29 heavy (non-hydrogen) atoms. The van der Waals surface area contributed by atoms with Gasteiger partial charge in [-0.25, -0.2) is 4.39 Å². The predicted octanol–water partition coefficient (Wildman–Crippen LogP) is 1.55. The first-order chi connectivity index (χ1) is 14.0. The lowest BCUT2D eigenvalue weighted by atomic mass is 10.2. The Morgan fingerprint density at radius 1 is 1.17 bits per heavy atom. The summed E-state index contributed by atoms with van der Waals surface area (Å²) < 4.78 is 20.3. The number of ether oxygens (including phenoxy) is 1. The number of amides is 2. The van der Waals surface area contributed by atoms with Crippen molar-refractivity contribution < 1.29 is 18.7 Å². The molecule has 0 saturated heterocycles. The van der Waals surface area contributed by atoms with Crippen molar-refractivity contribution in [3.05, 3.63) is 63.8 Å². The highest BCUT2D eigenvalue weighted by atomic mass is 19.1. The number of hydrogen-bond donors (Lipinski definition) is 1. The van der Waals surface area contributed by atoms with Crippen molar-refractivity contribution in [2.75, 3.05) is 19.6 Å². The molecule has 1 fully saturated rings. The Kier molecular flexibility index (Phi) is 5.33. The summed E-state index contributed by atoms with van der Waals surface area (Å²) in [7, 11) is 0. The highest BCUT2D eigenvalue weighted by molar-refractivity contribution is 5.93. The molecule has 2 aliphatic rings. The van der Waals surface area contributed by atoms with Gasteiger partial charge in [0.05, 0.1) is 6.20 Å². The SMILES string of the molecule is O=C(NCCN1CCn2cc(OCc3ccc(F)cc3)c(=O)cc2C1=O)C1CC1. The van der Waals surface area contributed by atoms with Crippen LogP contribution in [0.25, 0.3) is 0 Å². The van der Waals surface area contributed by atoms with Gasteiger partial charge in [-0.15, -0.1) is 0 Å². The Labute approximate surface area is 167 Å². The first-order valence-corrected chi connectivity index (χ1v) is 9.70. The molecule has 0 atom stereocenters. The Morgan fingerprint density at radius 3 is 2.66 bits per heavy atom. The van der Waals surface area contributed by atoms with E-state index >= 15 is 0 Å². The molecule has 1 aliphatic carbocycles. The van der Waals surface area contributed by atoms with Crippen molar-refractivity contribution in [2.45, 2.75) is 26.0 Å². The topological polar surface area (TPSA) is 80.6 Å². The van der Waals surface area contributed by atoms with Crippen molar-refractivity contribution in [1.82, 2.24) is 14.8 Å². The van der Waals surface area contributed by atoms with E-state index in [1.807, 2.05) is 0 Å². The van der Waals surface area contributed by atoms with Crippen LogP contribution in [-0.4, -0.2) is 40.9 Å². The molecule has 1 N–H and O–H groups in total. The van der Waals surface area contributed by atoms with Gasteiger partial charge < -0.3 is 19.5 Å². The van der Waals surface area contributed by atoms with Gasteiger partial charge in [0, 0.05) is 38.2 Å². The number of aromatic nitrogens is 1. The fourth-order valence-electron chi connectivity index (χ4n) is 3.28. The van der Waals surface area contributed by atoms with Crippen LogP contribution in [0.5, 0.6) is 5.75 Å². The molecule has 2 heterocycles. The summed E-state index contributed by atoms with van der Waals surface area (Å²) in [5, 5.41) is 2.85. The third kappa shape index (κ3) is 4.47. The van der Waals surface area contributed by atoms with Crippen LogP contribution in [0, 0.1) is 11.7 Å². The van der Waals surface area contributed by atoms with Crippen molar-refractivity contribution >= 4 is 11.8 Å². The number of benzene rings is 1. The summed E-state index contributed by atoms with van der Waals surface area (Å²) in [6.07, 6.45) is 3.43. The number of pyridine rings is 1. The maximum absolute atomic E-state index is 13.0. The summed E-state index contributed by atoms with van der Waals surface area (Å²) in [5.74, 6) is -0.235. The number of hydrogen-bond acceptors (Lipinski definition) is 4. The molecule has 0 radical (unpaired) electrons. The van der Waals surface area contributed by atoms with E-state index in [-0.39, 0.29) is 41.3 Å². The van der Waals surface area contributed by atoms with Crippen LogP contribution < -0.4 is 15.5 Å². The first-order valence-electron chi connectivity index (χ1n) is 9.70. The van der Waals surface area contributed by atoms with Gasteiger partial charge in [-0.05, 0) is 30.5 Å². The monoisotopic (exact) mass is 399 g/mol. The fourth-order valence-corrected chi connectivity index (χ4v) is 3.28. The molecule has 2 amide bonds. The molecule has 1 aromatic heterocycles. The molecule has 1 aliphatic heterocycles. The van der Waals surface area contributed by atoms with Crippen LogP contribution in [0.3, 0.4) is 0 Å². The quantitative estimate of drug-likeness (QED) is 0.766. The van der Waals surface area contributed by atoms with E-state index in [1.165, 1.54) is 18.2 Å². The minimum absolute atomic E-state index is 0.0500. The maximum Gasteiger partial charge on any atom is 0.270 e. The van der Waals surface area contributed by atoms with Gasteiger partial charge in [0.25, 0.3) is 5.91 Å². The van der Waals surface area contributed by atoms with Crippen LogP contribution >= 0.6 is 0 Å². The van der Waals surface area contributed by atoms with Gasteiger partial charge in [0.15, 0.2) is 5.75 Å². The molecular weight excluding hydrogens is 377 g/mol. The molecule has 1 aromatic carbocycles. The highest BCUT2D eigenvalue weighted by Crippen LogP contribution is 2.28. The highest BCUT2D eigenvalue weighted by Gasteiger charge is 2.30. The summed E-state index contributed by atoms with van der Waals surface area (Å²) in [5.41, 5.74) is 0.670. The average Bonchev–Trinajstić information content (AvgIpc) is 3.55. The minimum atomic E-state index is -0.379. The summed E-state index contributed by atoms with van der Waals surface area (Å²) in [4.78, 5) is 38.4. The number of nitrogens with zero attached hydrogens (tertiary/aromatic N) is 2. The minimum Gasteiger partial charge on any atom is -0.483 e. The Morgan fingerprint density at radius 2 is 1.93 bits per heavy atom. The lowest BCUT2D eigenvalue weighted by Crippen LogP contribution is -2.45. The molecule has 2 aromatic rings. The molecule has 0 spiro atoms. The van der Waals surface area contributed by atoms with Gasteiger partial charge in [0.1, 0.15) is 18.1 Å². The second-order valence-corrected chi connectivity index (χ2v) is 7.35. The summed E-state index contributed by atoms with van der Waals surface area (Å²) in [6.45, 7) is 1.98. The predicted molar refractivity (Wildman–Crippen MR) is 103 cm³/mol. The second-order valence-electron chi connectivity index (χ2n) is 7.35. The molecule has 0 bridgehead atoms. The molecule has 4 rings (SSSR count). The van der Waals surface area contributed by atoms with Gasteiger partial charge >= 0.3 is 0 Å². The largest absolute Gasteiger partial charge is 0.483 e. The zero-order valence-electron chi connectivity index (χ0n) is 15.9. The molecule has 152 valence electrons. The van der Waals surface area contributed by atoms with Crippen molar-refractivity contribution in [3.63, 3.8) is 0 Å². The van der Waals surface area contributed by atoms with E-state index in [4.69, 9.17) is 4.74 Å². The molecular formula is C21H22FN3O4. The zero-order chi connectivity index (χ0) is 20.4. The van der Waals surface area contributed by atoms with Gasteiger partial charge in [-0.1, -0.05) is 12.1 Å². The van der Waals surface area contributed by atoms with Gasteiger partial charge in [0.2, 0.25) is 11.3 Å². The number of halogens is 1. The van der Waals surface area contributed by atoms with Gasteiger partial charge in [-0.2, -0.15) is 0 Å². The molecule has 1 saturated carbocycles. The third-order valence-corrected chi connectivity index (χ3v) is 5.15. The van der Waals surface area contributed by atoms with E-state index < -0.39 is 0 Å². The normalized spacial score (nSPS) is 15.8. The lowest BCUT2D eigenvalue weighted by molar-refractivity contribution is -0.122. The summed E-state index contributed by atoms with van der Waals surface area (Å²) in [6, 6.07) is 7.14. The Balaban J connectivity index is 1.38. The number of nitrogens with one attached hydrogen (secondary N) is 1. The number of fused-ring (bicyclic) bond motifs is 1. The third-order valence-electron chi connectivity index (χ3n) is 5.15. The lowest BCUT2D eigenvalue weighted by Gasteiger charge is -2.30. The van der Waals surface area contributed by atoms with E-state index in [9.17, 15) is 18.8 Å². The van der Waals surface area contributed by atoms with Crippen molar-refractivity contribution in [2.24, 2.45) is 5.92 Å². The average molecular weight is 399 g/mol. The fraction of sp³-hybridized carbons (Fsp3) is 0.381. The smallest absolute Gasteiger partial charge is 0.270 e. The van der Waals surface area contributed by atoms with E-state index in [0.717, 1.165) is 18.4 Å². The standard InChI is InChI=1S/C21H22FN3O4/c22-16-5-1-14(2-6-16)13-29-19-12-25-10-9-24(21(28)17(25)11-18(19)26)8-7-23-20(27)15-3-4-15/h1-2,5-6,11-12,15H,3-4,7-10,13H2,(H,23,27). The van der Waals surface area contributed by atoms with Crippen LogP contribution in [0.2, 0.25) is 0 Å². The van der Waals surface area contributed by atoms with Crippen molar-refractivity contribution in [1.29, 1.82) is 0 Å². The number of carbonyl (C=O) groups excluding carboxylic acids is 2. The van der Waals surface area contributed by atoms with Crippen LogP contribution in [0.1, 0.15) is 28.9 Å². The molecule has 0 unspecified atom stereocenters. The number of rotatable bonds is 7. The number of carbonyl (C=O) groups is 2. The first kappa shape index (κ1) is 19.2. The summed E-state index contributed by atoms with van der Waals surface area (Å²) >= 11 is 0. The Hall–Kier alpha value is -3.16. The molecule has 8 heteroatoms. The van der Waals surface area contributed by atoms with Gasteiger partial charge in [-0.3, -0.25) is 14.4 Å². The van der Waals surface area contributed by atoms with Crippen LogP contribution in [-0.2, 0) is 17.9 Å². The van der Waals surface area contributed by atoms with E-state index in [0.29, 0.717) is 31.9 Å². The van der Waals surface area contributed by atoms with E-state index in [2.05, 4.69) is 5.32 Å². The maximum atomic E-state index is 13.0. The van der Waals surface area contributed by atoms with E-state index in [1.54, 1.807) is 27.8 Å². The Bertz CT molecular complexity index is 982. The van der Waals surface area contributed by atoms with Crippen LogP contribution in [0.15, 0.2) is 41.3 Å². The van der Waals surface area contributed by atoms with Crippen LogP contribution in [0.4, 0.5) is 4.39 Å². The molecule has 7 nitrogen and oxygen atoms in total.